The normalized spacial score (nSPS) is 29.4. The molecule has 0 saturated carbocycles. The Kier molecular flexibility index (Phi) is 2.89. The van der Waals surface area contributed by atoms with Crippen LogP contribution in [0.4, 0.5) is 5.82 Å². The fraction of sp³-hybridized carbons (Fsp3) is 0.500. The van der Waals surface area contributed by atoms with Gasteiger partial charge < -0.3 is 20.3 Å². The van der Waals surface area contributed by atoms with E-state index in [9.17, 15) is 9.90 Å². The molecule has 7 nitrogen and oxygen atoms in total. The molecular formula is C12H15N3O4. The van der Waals surface area contributed by atoms with Crippen LogP contribution in [0.5, 0.6) is 0 Å². The van der Waals surface area contributed by atoms with Crippen LogP contribution in [0.15, 0.2) is 23.1 Å². The maximum atomic E-state index is 12.0. The molecule has 7 heteroatoms. The van der Waals surface area contributed by atoms with Crippen molar-refractivity contribution in [1.29, 1.82) is 0 Å². The monoisotopic (exact) mass is 265 g/mol. The zero-order chi connectivity index (χ0) is 13.6. The van der Waals surface area contributed by atoms with Crippen LogP contribution in [0.3, 0.4) is 0 Å². The highest BCUT2D eigenvalue weighted by Gasteiger charge is 2.39. The number of fused-ring (bicyclic) bond motifs is 1. The van der Waals surface area contributed by atoms with Crippen molar-refractivity contribution in [3.05, 3.63) is 34.4 Å². The van der Waals surface area contributed by atoms with Gasteiger partial charge in [-0.05, 0) is 6.42 Å². The average Bonchev–Trinajstić information content (AvgIpc) is 2.95. The van der Waals surface area contributed by atoms with E-state index in [1.807, 2.05) is 0 Å². The topological polar surface area (TPSA) is 96.6 Å². The fourth-order valence-electron chi connectivity index (χ4n) is 2.43. The van der Waals surface area contributed by atoms with Crippen molar-refractivity contribution >= 4 is 5.82 Å². The van der Waals surface area contributed by atoms with E-state index < -0.39 is 24.1 Å². The lowest BCUT2D eigenvalue weighted by molar-refractivity contribution is -0.0447. The molecule has 0 radical (unpaired) electrons. The van der Waals surface area contributed by atoms with Crippen LogP contribution in [-0.2, 0) is 11.2 Å². The zero-order valence-corrected chi connectivity index (χ0v) is 10.2. The third kappa shape index (κ3) is 1.86. The van der Waals surface area contributed by atoms with Crippen molar-refractivity contribution in [2.45, 2.75) is 24.9 Å². The number of rotatable bonds is 2. The molecule has 3 heterocycles. The molecule has 3 atom stereocenters. The summed E-state index contributed by atoms with van der Waals surface area (Å²) in [6, 6.07) is 0. The first-order chi connectivity index (χ1) is 9.11. The number of aromatic nitrogens is 2. The van der Waals surface area contributed by atoms with E-state index in [1.54, 1.807) is 6.20 Å². The van der Waals surface area contributed by atoms with Gasteiger partial charge >= 0.3 is 5.69 Å². The zero-order valence-electron chi connectivity index (χ0n) is 10.2. The van der Waals surface area contributed by atoms with Gasteiger partial charge in [-0.25, -0.2) is 4.79 Å². The minimum absolute atomic E-state index is 0.328. The number of nitrogens with zero attached hydrogens (tertiary/aromatic N) is 2. The molecule has 1 saturated heterocycles. The molecule has 1 aromatic heterocycles. The Morgan fingerprint density at radius 3 is 3.11 bits per heavy atom. The predicted molar refractivity (Wildman–Crippen MR) is 66.8 cm³/mol. The van der Waals surface area contributed by atoms with E-state index in [0.717, 1.165) is 18.5 Å². The van der Waals surface area contributed by atoms with Crippen molar-refractivity contribution in [2.75, 3.05) is 18.5 Å². The van der Waals surface area contributed by atoms with Crippen LogP contribution < -0.4 is 11.0 Å². The van der Waals surface area contributed by atoms with Gasteiger partial charge in [-0.15, -0.1) is 0 Å². The first-order valence-corrected chi connectivity index (χ1v) is 6.11. The molecule has 1 aromatic rings. The summed E-state index contributed by atoms with van der Waals surface area (Å²) in [7, 11) is 0. The van der Waals surface area contributed by atoms with Crippen molar-refractivity contribution in [2.24, 2.45) is 0 Å². The highest BCUT2D eigenvalue weighted by molar-refractivity contribution is 5.47. The molecule has 0 bridgehead atoms. The standard InChI is InChI=1S/C12H15N3O4/c1-6-9(17)8(5-16)19-11(6)15-4-7-2-3-13-10(7)14-12(15)18/h4,8-9,11,16-17H,1-3,5H2,(H,13,14,18)/t8-,9+,11-/m1/s1. The molecule has 0 aromatic carbocycles. The summed E-state index contributed by atoms with van der Waals surface area (Å²) in [5, 5.41) is 22.0. The number of ether oxygens (including phenoxy) is 1. The third-order valence-corrected chi connectivity index (χ3v) is 3.50. The first-order valence-electron chi connectivity index (χ1n) is 6.11. The van der Waals surface area contributed by atoms with Gasteiger partial charge in [0.1, 0.15) is 18.0 Å². The highest BCUT2D eigenvalue weighted by Crippen LogP contribution is 2.32. The lowest BCUT2D eigenvalue weighted by atomic mass is 10.1. The van der Waals surface area contributed by atoms with Gasteiger partial charge in [0.05, 0.1) is 6.61 Å². The second kappa shape index (κ2) is 4.44. The summed E-state index contributed by atoms with van der Waals surface area (Å²) in [5.41, 5.74) is 0.817. The van der Waals surface area contributed by atoms with Gasteiger partial charge in [-0.1, -0.05) is 6.58 Å². The molecule has 3 rings (SSSR count). The number of nitrogens with one attached hydrogen (secondary N) is 1. The van der Waals surface area contributed by atoms with Gasteiger partial charge in [0.2, 0.25) is 0 Å². The van der Waals surface area contributed by atoms with Gasteiger partial charge in [0, 0.05) is 23.9 Å². The van der Waals surface area contributed by atoms with E-state index >= 15 is 0 Å². The van der Waals surface area contributed by atoms with E-state index in [2.05, 4.69) is 16.9 Å². The molecule has 0 aliphatic carbocycles. The summed E-state index contributed by atoms with van der Waals surface area (Å²) in [6.07, 6.45) is -0.0528. The molecule has 3 N–H and O–H groups in total. The van der Waals surface area contributed by atoms with Gasteiger partial charge in [-0.3, -0.25) is 4.57 Å². The predicted octanol–water partition coefficient (Wildman–Crippen LogP) is -0.982. The Balaban J connectivity index is 1.99. The quantitative estimate of drug-likeness (QED) is 0.595. The van der Waals surface area contributed by atoms with Crippen LogP contribution >= 0.6 is 0 Å². The summed E-state index contributed by atoms with van der Waals surface area (Å²) in [6.45, 7) is 4.16. The number of hydrogen-bond acceptors (Lipinski definition) is 6. The largest absolute Gasteiger partial charge is 0.394 e. The molecular weight excluding hydrogens is 250 g/mol. The summed E-state index contributed by atoms with van der Waals surface area (Å²) in [5.74, 6) is 0.601. The van der Waals surface area contributed by atoms with Crippen LogP contribution in [-0.4, -0.2) is 45.1 Å². The van der Waals surface area contributed by atoms with Crippen molar-refractivity contribution < 1.29 is 14.9 Å². The van der Waals surface area contributed by atoms with Gasteiger partial charge in [0.15, 0.2) is 6.23 Å². The Bertz CT molecular complexity index is 583. The summed E-state index contributed by atoms with van der Waals surface area (Å²) in [4.78, 5) is 15.9. The molecule has 0 unspecified atom stereocenters. The second-order valence-corrected chi connectivity index (χ2v) is 4.71. The maximum Gasteiger partial charge on any atom is 0.351 e. The molecule has 0 amide bonds. The minimum atomic E-state index is -0.978. The molecule has 19 heavy (non-hydrogen) atoms. The molecule has 2 aliphatic rings. The van der Waals surface area contributed by atoms with E-state index in [1.165, 1.54) is 4.57 Å². The van der Waals surface area contributed by atoms with E-state index in [4.69, 9.17) is 9.84 Å². The Labute approximate surface area is 109 Å². The van der Waals surface area contributed by atoms with Crippen molar-refractivity contribution in [3.63, 3.8) is 0 Å². The van der Waals surface area contributed by atoms with E-state index in [-0.39, 0.29) is 6.61 Å². The van der Waals surface area contributed by atoms with Crippen LogP contribution in [0.25, 0.3) is 0 Å². The third-order valence-electron chi connectivity index (χ3n) is 3.50. The first kappa shape index (κ1) is 12.3. The molecule has 0 spiro atoms. The summed E-state index contributed by atoms with van der Waals surface area (Å²) >= 11 is 0. The smallest absolute Gasteiger partial charge is 0.351 e. The minimum Gasteiger partial charge on any atom is -0.394 e. The van der Waals surface area contributed by atoms with Crippen LogP contribution in [0.2, 0.25) is 0 Å². The number of aliphatic hydroxyl groups excluding tert-OH is 2. The molecule has 102 valence electrons. The van der Waals surface area contributed by atoms with Crippen LogP contribution in [0, 0.1) is 0 Å². The van der Waals surface area contributed by atoms with Crippen LogP contribution in [0.1, 0.15) is 11.8 Å². The number of aliphatic hydroxyl groups is 2. The number of anilines is 1. The second-order valence-electron chi connectivity index (χ2n) is 4.71. The lowest BCUT2D eigenvalue weighted by Crippen LogP contribution is -2.28. The molecule has 2 aliphatic heterocycles. The Morgan fingerprint density at radius 1 is 1.63 bits per heavy atom. The average molecular weight is 265 g/mol. The Hall–Kier alpha value is -1.70. The molecule has 1 fully saturated rings. The SMILES string of the molecule is C=C1[C@H](n2cc3c(nc2=O)NCC3)O[C@H](CO)[C@H]1O. The van der Waals surface area contributed by atoms with E-state index in [0.29, 0.717) is 11.4 Å². The van der Waals surface area contributed by atoms with Crippen molar-refractivity contribution in [3.8, 4) is 0 Å². The summed E-state index contributed by atoms with van der Waals surface area (Å²) < 4.78 is 6.78. The van der Waals surface area contributed by atoms with Gasteiger partial charge in [0.25, 0.3) is 0 Å². The lowest BCUT2D eigenvalue weighted by Gasteiger charge is -2.15. The highest BCUT2D eigenvalue weighted by atomic mass is 16.5. The Morgan fingerprint density at radius 2 is 2.42 bits per heavy atom. The number of hydrogen-bond donors (Lipinski definition) is 3. The van der Waals surface area contributed by atoms with Gasteiger partial charge in [-0.2, -0.15) is 4.98 Å². The fourth-order valence-corrected chi connectivity index (χ4v) is 2.43. The van der Waals surface area contributed by atoms with Crippen molar-refractivity contribution in [1.82, 2.24) is 9.55 Å². The maximum absolute atomic E-state index is 12.0.